The van der Waals surface area contributed by atoms with E-state index >= 15 is 0 Å². The molecule has 0 saturated carbocycles. The van der Waals surface area contributed by atoms with Gasteiger partial charge < -0.3 is 5.32 Å². The maximum Gasteiger partial charge on any atom is 0.330 e. The minimum Gasteiger partial charge on any atom is -0.320 e. The molecule has 0 atom stereocenters. The van der Waals surface area contributed by atoms with Crippen LogP contribution in [0.15, 0.2) is 42.5 Å². The normalized spacial score (nSPS) is 15.6. The van der Waals surface area contributed by atoms with Crippen LogP contribution >= 0.6 is 11.6 Å². The summed E-state index contributed by atoms with van der Waals surface area (Å²) < 4.78 is 29.3. The quantitative estimate of drug-likeness (QED) is 0.825. The summed E-state index contributed by atoms with van der Waals surface area (Å²) in [7, 11) is -1.80. The van der Waals surface area contributed by atoms with E-state index in [1.165, 1.54) is 8.61 Å². The van der Waals surface area contributed by atoms with Crippen molar-refractivity contribution >= 4 is 38.9 Å². The molecule has 0 fully saturated rings. The summed E-state index contributed by atoms with van der Waals surface area (Å²) in [6, 6.07) is 12.6. The molecule has 1 N–H and O–H groups in total. The second kappa shape index (κ2) is 6.63. The lowest BCUT2D eigenvalue weighted by molar-refractivity contribution is 0.591. The first-order chi connectivity index (χ1) is 11.5. The molecule has 0 spiro atoms. The lowest BCUT2D eigenvalue weighted by Crippen LogP contribution is -2.37. The number of benzene rings is 2. The van der Waals surface area contributed by atoms with Crippen LogP contribution in [-0.2, 0) is 10.2 Å². The number of aryl methyl sites for hydroxylation is 1. The zero-order valence-electron chi connectivity index (χ0n) is 13.7. The Labute approximate surface area is 148 Å². The summed E-state index contributed by atoms with van der Waals surface area (Å²) in [6.45, 7) is 3.06. The van der Waals surface area contributed by atoms with Gasteiger partial charge in [0.2, 0.25) is 0 Å². The molecule has 2 aromatic carbocycles. The van der Waals surface area contributed by atoms with E-state index in [0.717, 1.165) is 18.5 Å². The molecule has 1 heterocycles. The maximum atomic E-state index is 13.2. The predicted molar refractivity (Wildman–Crippen MR) is 99.6 cm³/mol. The van der Waals surface area contributed by atoms with Gasteiger partial charge in [0.1, 0.15) is 0 Å². The minimum absolute atomic E-state index is 0.434. The maximum absolute atomic E-state index is 13.2. The highest BCUT2D eigenvalue weighted by Crippen LogP contribution is 2.46. The fraction of sp³-hybridized carbons (Fsp3) is 0.294. The van der Waals surface area contributed by atoms with Crippen molar-refractivity contribution in [3.8, 4) is 0 Å². The molecular weight excluding hydrogens is 346 g/mol. The smallest absolute Gasteiger partial charge is 0.320 e. The van der Waals surface area contributed by atoms with Crippen LogP contribution in [0.3, 0.4) is 0 Å². The second-order valence-corrected chi connectivity index (χ2v) is 7.86. The molecule has 2 aromatic rings. The van der Waals surface area contributed by atoms with Gasteiger partial charge in [-0.05, 0) is 62.8 Å². The molecule has 128 valence electrons. The van der Waals surface area contributed by atoms with Crippen molar-refractivity contribution in [2.75, 3.05) is 28.7 Å². The van der Waals surface area contributed by atoms with Gasteiger partial charge in [0.05, 0.1) is 17.1 Å². The third kappa shape index (κ3) is 2.85. The van der Waals surface area contributed by atoms with E-state index in [1.54, 1.807) is 18.2 Å². The highest BCUT2D eigenvalue weighted by atomic mass is 35.5. The number of halogens is 1. The monoisotopic (exact) mass is 365 g/mol. The van der Waals surface area contributed by atoms with E-state index in [-0.39, 0.29) is 0 Å². The molecular formula is C17H20ClN3O2S. The number of hydrogen-bond acceptors (Lipinski definition) is 3. The van der Waals surface area contributed by atoms with E-state index < -0.39 is 10.2 Å². The SMILES string of the molecule is CNCCCN1c2ccccc2N(c2ccc(Cl)cc2C)S1(=O)=O. The van der Waals surface area contributed by atoms with Gasteiger partial charge in [-0.3, -0.25) is 4.31 Å². The van der Waals surface area contributed by atoms with E-state index in [9.17, 15) is 8.42 Å². The van der Waals surface area contributed by atoms with E-state index in [1.807, 2.05) is 38.2 Å². The Morgan fingerprint density at radius 3 is 2.46 bits per heavy atom. The molecule has 0 bridgehead atoms. The molecule has 1 aliphatic heterocycles. The largest absolute Gasteiger partial charge is 0.330 e. The number of nitrogens with zero attached hydrogens (tertiary/aromatic N) is 2. The molecule has 1 aliphatic rings. The van der Waals surface area contributed by atoms with Gasteiger partial charge in [0.25, 0.3) is 0 Å². The number of para-hydroxylation sites is 2. The van der Waals surface area contributed by atoms with Gasteiger partial charge in [-0.1, -0.05) is 23.7 Å². The van der Waals surface area contributed by atoms with Crippen molar-refractivity contribution in [3.05, 3.63) is 53.1 Å². The summed E-state index contributed by atoms with van der Waals surface area (Å²) in [5.74, 6) is 0. The first-order valence-corrected chi connectivity index (χ1v) is 9.57. The molecule has 3 rings (SSSR count). The topological polar surface area (TPSA) is 52.6 Å². The summed E-state index contributed by atoms with van der Waals surface area (Å²) in [5.41, 5.74) is 2.83. The van der Waals surface area contributed by atoms with Crippen LogP contribution in [0.5, 0.6) is 0 Å². The van der Waals surface area contributed by atoms with E-state index in [4.69, 9.17) is 11.6 Å². The predicted octanol–water partition coefficient (Wildman–Crippen LogP) is 3.46. The fourth-order valence-corrected chi connectivity index (χ4v) is 4.97. The Balaban J connectivity index is 2.10. The molecule has 0 saturated heterocycles. The number of rotatable bonds is 5. The molecule has 24 heavy (non-hydrogen) atoms. The molecule has 5 nitrogen and oxygen atoms in total. The van der Waals surface area contributed by atoms with Gasteiger partial charge in [-0.15, -0.1) is 0 Å². The Kier molecular flexibility index (Phi) is 4.71. The number of nitrogens with one attached hydrogen (secondary N) is 1. The standard InChI is InChI=1S/C17H20ClN3O2S/c1-13-12-14(18)8-9-15(13)21-17-7-4-3-6-16(17)20(24(21,22)23)11-5-10-19-2/h3-4,6-9,12,19H,5,10-11H2,1-2H3. The summed E-state index contributed by atoms with van der Waals surface area (Å²) >= 11 is 6.02. The van der Waals surface area contributed by atoms with E-state index in [0.29, 0.717) is 28.6 Å². The van der Waals surface area contributed by atoms with Gasteiger partial charge >= 0.3 is 10.2 Å². The highest BCUT2D eigenvalue weighted by Gasteiger charge is 2.41. The van der Waals surface area contributed by atoms with E-state index in [2.05, 4.69) is 5.32 Å². The van der Waals surface area contributed by atoms with Gasteiger partial charge in [0, 0.05) is 11.6 Å². The van der Waals surface area contributed by atoms with Crippen LogP contribution in [0.2, 0.25) is 5.02 Å². The Bertz CT molecular complexity index is 855. The Morgan fingerprint density at radius 1 is 1.08 bits per heavy atom. The molecule has 0 aromatic heterocycles. The average Bonchev–Trinajstić information content (AvgIpc) is 2.76. The fourth-order valence-electron chi connectivity index (χ4n) is 2.93. The van der Waals surface area contributed by atoms with Crippen LogP contribution < -0.4 is 13.9 Å². The van der Waals surface area contributed by atoms with Crippen molar-refractivity contribution in [2.45, 2.75) is 13.3 Å². The average molecular weight is 366 g/mol. The summed E-state index contributed by atoms with van der Waals surface area (Å²) in [6.07, 6.45) is 0.734. The number of fused-ring (bicyclic) bond motifs is 1. The first kappa shape index (κ1) is 17.1. The lowest BCUT2D eigenvalue weighted by Gasteiger charge is -2.23. The van der Waals surface area contributed by atoms with Gasteiger partial charge in [-0.25, -0.2) is 4.31 Å². The Morgan fingerprint density at radius 2 is 1.79 bits per heavy atom. The third-order valence-corrected chi connectivity index (χ3v) is 6.07. The zero-order valence-corrected chi connectivity index (χ0v) is 15.2. The third-order valence-electron chi connectivity index (χ3n) is 4.04. The molecule has 0 aliphatic carbocycles. The van der Waals surface area contributed by atoms with Crippen LogP contribution in [0.1, 0.15) is 12.0 Å². The lowest BCUT2D eigenvalue weighted by atomic mass is 10.2. The second-order valence-electron chi connectivity index (χ2n) is 5.72. The van der Waals surface area contributed by atoms with Gasteiger partial charge in [-0.2, -0.15) is 8.42 Å². The first-order valence-electron chi connectivity index (χ1n) is 7.79. The Hall–Kier alpha value is -1.76. The number of anilines is 3. The number of hydrogen-bond donors (Lipinski definition) is 1. The summed E-state index contributed by atoms with van der Waals surface area (Å²) in [5, 5.41) is 3.64. The minimum atomic E-state index is -3.66. The zero-order chi connectivity index (χ0) is 17.3. The molecule has 7 heteroatoms. The molecule has 0 radical (unpaired) electrons. The van der Waals surface area contributed by atoms with Crippen molar-refractivity contribution in [1.82, 2.24) is 5.32 Å². The summed E-state index contributed by atoms with van der Waals surface area (Å²) in [4.78, 5) is 0. The van der Waals surface area contributed by atoms with Gasteiger partial charge in [0.15, 0.2) is 0 Å². The van der Waals surface area contributed by atoms with Crippen LogP contribution in [0.25, 0.3) is 0 Å². The van der Waals surface area contributed by atoms with Crippen molar-refractivity contribution in [2.24, 2.45) is 0 Å². The molecule has 0 unspecified atom stereocenters. The van der Waals surface area contributed by atoms with Crippen molar-refractivity contribution < 1.29 is 8.42 Å². The molecule has 0 amide bonds. The van der Waals surface area contributed by atoms with Crippen LogP contribution in [0.4, 0.5) is 17.1 Å². The van der Waals surface area contributed by atoms with Crippen molar-refractivity contribution in [1.29, 1.82) is 0 Å². The van der Waals surface area contributed by atoms with Crippen LogP contribution in [0, 0.1) is 6.92 Å². The van der Waals surface area contributed by atoms with Crippen LogP contribution in [-0.4, -0.2) is 28.6 Å². The highest BCUT2D eigenvalue weighted by molar-refractivity contribution is 7.95. The van der Waals surface area contributed by atoms with Crippen molar-refractivity contribution in [3.63, 3.8) is 0 Å².